The number of anilines is 1. The highest BCUT2D eigenvalue weighted by molar-refractivity contribution is 5.93. The summed E-state index contributed by atoms with van der Waals surface area (Å²) in [5.41, 5.74) is 5.82. The van der Waals surface area contributed by atoms with Crippen molar-refractivity contribution in [3.05, 3.63) is 64.4 Å². The smallest absolute Gasteiger partial charge is 0.246 e. The van der Waals surface area contributed by atoms with E-state index in [1.807, 2.05) is 25.1 Å². The maximum atomic E-state index is 12.5. The second-order valence-corrected chi connectivity index (χ2v) is 7.98. The molecule has 0 bridgehead atoms. The van der Waals surface area contributed by atoms with Gasteiger partial charge in [-0.05, 0) is 60.7 Å². The molecule has 0 radical (unpaired) electrons. The molecule has 2 aliphatic rings. The van der Waals surface area contributed by atoms with Gasteiger partial charge in [0.25, 0.3) is 0 Å². The Morgan fingerprint density at radius 3 is 2.90 bits per heavy atom. The molecule has 6 heteroatoms. The van der Waals surface area contributed by atoms with E-state index in [0.717, 1.165) is 17.5 Å². The molecule has 2 amide bonds. The average molecular weight is 390 g/mol. The lowest BCUT2D eigenvalue weighted by molar-refractivity contribution is -0.125. The summed E-state index contributed by atoms with van der Waals surface area (Å²) in [6, 6.07) is 8.52. The van der Waals surface area contributed by atoms with E-state index in [0.29, 0.717) is 25.5 Å². The summed E-state index contributed by atoms with van der Waals surface area (Å²) in [5.74, 6) is 0.479. The van der Waals surface area contributed by atoms with E-state index >= 15 is 0 Å². The number of aromatic nitrogens is 1. The van der Waals surface area contributed by atoms with Crippen molar-refractivity contribution in [1.82, 2.24) is 14.8 Å². The van der Waals surface area contributed by atoms with Gasteiger partial charge in [-0.15, -0.1) is 0 Å². The quantitative estimate of drug-likeness (QED) is 0.815. The Kier molecular flexibility index (Phi) is 5.45. The molecule has 4 rings (SSSR count). The lowest BCUT2D eigenvalue weighted by Gasteiger charge is -2.16. The number of pyridine rings is 1. The summed E-state index contributed by atoms with van der Waals surface area (Å²) < 4.78 is 0. The van der Waals surface area contributed by atoms with E-state index in [2.05, 4.69) is 28.5 Å². The molecule has 2 aromatic rings. The van der Waals surface area contributed by atoms with Crippen LogP contribution in [0.2, 0.25) is 0 Å². The number of carbonyl (C=O) groups is 2. The number of hydrogen-bond donors (Lipinski definition) is 1. The van der Waals surface area contributed by atoms with Crippen molar-refractivity contribution in [3.63, 3.8) is 0 Å². The highest BCUT2D eigenvalue weighted by atomic mass is 16.2. The van der Waals surface area contributed by atoms with Crippen molar-refractivity contribution in [2.24, 2.45) is 0 Å². The number of hydrogen-bond acceptors (Lipinski definition) is 4. The largest absolute Gasteiger partial charge is 0.338 e. The minimum Gasteiger partial charge on any atom is -0.338 e. The van der Waals surface area contributed by atoms with Crippen molar-refractivity contribution < 1.29 is 9.59 Å². The van der Waals surface area contributed by atoms with Gasteiger partial charge in [0.1, 0.15) is 5.82 Å². The Balaban J connectivity index is 1.42. The van der Waals surface area contributed by atoms with Gasteiger partial charge in [0.05, 0.1) is 6.54 Å². The Bertz CT molecular complexity index is 983. The summed E-state index contributed by atoms with van der Waals surface area (Å²) in [4.78, 5) is 32.3. The van der Waals surface area contributed by atoms with Crippen molar-refractivity contribution in [3.8, 4) is 0 Å². The van der Waals surface area contributed by atoms with Gasteiger partial charge in [0.15, 0.2) is 0 Å². The van der Waals surface area contributed by atoms with Crippen LogP contribution in [-0.2, 0) is 35.5 Å². The van der Waals surface area contributed by atoms with Gasteiger partial charge in [0, 0.05) is 38.0 Å². The van der Waals surface area contributed by atoms with Gasteiger partial charge >= 0.3 is 0 Å². The number of amides is 2. The molecule has 6 nitrogen and oxygen atoms in total. The number of nitrogens with zero attached hydrogens (tertiary/aromatic N) is 3. The maximum Gasteiger partial charge on any atom is 0.246 e. The lowest BCUT2D eigenvalue weighted by atomic mass is 10.1. The average Bonchev–Trinajstić information content (AvgIpc) is 3.09. The second-order valence-electron chi connectivity index (χ2n) is 7.98. The first-order valence-corrected chi connectivity index (χ1v) is 9.99. The second kappa shape index (κ2) is 8.17. The zero-order valence-corrected chi connectivity index (χ0v) is 16.9. The van der Waals surface area contributed by atoms with E-state index in [1.165, 1.54) is 29.5 Å². The van der Waals surface area contributed by atoms with Crippen LogP contribution in [0.15, 0.2) is 36.5 Å². The predicted octanol–water partition coefficient (Wildman–Crippen LogP) is 2.63. The summed E-state index contributed by atoms with van der Waals surface area (Å²) in [6.07, 6.45) is 8.57. The van der Waals surface area contributed by atoms with Crippen LogP contribution >= 0.6 is 0 Å². The summed E-state index contributed by atoms with van der Waals surface area (Å²) in [6.45, 7) is 1.57. The predicted molar refractivity (Wildman–Crippen MR) is 113 cm³/mol. The van der Waals surface area contributed by atoms with Crippen LogP contribution in [0.5, 0.6) is 0 Å². The Labute approximate surface area is 171 Å². The number of benzene rings is 1. The highest BCUT2D eigenvalue weighted by Gasteiger charge is 2.17. The van der Waals surface area contributed by atoms with Crippen molar-refractivity contribution >= 4 is 23.7 Å². The van der Waals surface area contributed by atoms with E-state index in [4.69, 9.17) is 0 Å². The number of rotatable bonds is 4. The van der Waals surface area contributed by atoms with E-state index < -0.39 is 0 Å². The Morgan fingerprint density at radius 1 is 1.21 bits per heavy atom. The fourth-order valence-corrected chi connectivity index (χ4v) is 3.99. The number of likely N-dealkylation sites (N-methyl/N-ethyl adjacent to an activating group) is 2. The first-order chi connectivity index (χ1) is 14.0. The SMILES string of the molecule is CN1CC(=O)Nc2ncc(C=CC(=O)N(C)Cc3ccc4c(c3)CCC4)cc2C1. The van der Waals surface area contributed by atoms with E-state index in [-0.39, 0.29) is 11.8 Å². The molecule has 1 aromatic heterocycles. The van der Waals surface area contributed by atoms with Crippen LogP contribution in [-0.4, -0.2) is 47.2 Å². The third-order valence-corrected chi connectivity index (χ3v) is 5.48. The molecule has 0 fully saturated rings. The van der Waals surface area contributed by atoms with Gasteiger partial charge < -0.3 is 10.2 Å². The molecule has 29 heavy (non-hydrogen) atoms. The molecular weight excluding hydrogens is 364 g/mol. The summed E-state index contributed by atoms with van der Waals surface area (Å²) in [5, 5.41) is 2.82. The molecular formula is C23H26N4O2. The maximum absolute atomic E-state index is 12.5. The molecule has 0 saturated carbocycles. The first-order valence-electron chi connectivity index (χ1n) is 9.99. The zero-order chi connectivity index (χ0) is 20.4. The number of nitrogens with one attached hydrogen (secondary N) is 1. The molecule has 0 atom stereocenters. The van der Waals surface area contributed by atoms with Gasteiger partial charge in [-0.3, -0.25) is 14.5 Å². The molecule has 1 aliphatic carbocycles. The zero-order valence-electron chi connectivity index (χ0n) is 16.9. The van der Waals surface area contributed by atoms with Gasteiger partial charge in [-0.25, -0.2) is 4.98 Å². The third-order valence-electron chi connectivity index (χ3n) is 5.48. The van der Waals surface area contributed by atoms with Crippen molar-refractivity contribution in [1.29, 1.82) is 0 Å². The lowest BCUT2D eigenvalue weighted by Crippen LogP contribution is -2.26. The van der Waals surface area contributed by atoms with Gasteiger partial charge in [-0.1, -0.05) is 18.2 Å². The van der Waals surface area contributed by atoms with Crippen LogP contribution < -0.4 is 5.32 Å². The van der Waals surface area contributed by atoms with Crippen LogP contribution in [0.4, 0.5) is 5.82 Å². The minimum atomic E-state index is -0.0644. The Hall–Kier alpha value is -2.99. The summed E-state index contributed by atoms with van der Waals surface area (Å²) in [7, 11) is 3.72. The number of fused-ring (bicyclic) bond motifs is 2. The molecule has 0 saturated heterocycles. The summed E-state index contributed by atoms with van der Waals surface area (Å²) >= 11 is 0. The monoisotopic (exact) mass is 390 g/mol. The molecule has 0 unspecified atom stereocenters. The fraction of sp³-hybridized carbons (Fsp3) is 0.348. The van der Waals surface area contributed by atoms with Crippen LogP contribution in [0.25, 0.3) is 6.08 Å². The molecule has 1 aliphatic heterocycles. The fourth-order valence-electron chi connectivity index (χ4n) is 3.99. The molecule has 150 valence electrons. The standard InChI is InChI=1S/C23H26N4O2/c1-26-14-20-10-16(12-24-23(20)25-21(28)15-26)7-9-22(29)27(2)13-17-6-8-18-4-3-5-19(18)11-17/h6-12H,3-5,13-15H2,1-2H3,(H,24,25,28). The third kappa shape index (κ3) is 4.54. The first kappa shape index (κ1) is 19.3. The number of aryl methyl sites for hydroxylation is 2. The number of carbonyl (C=O) groups excluding carboxylic acids is 2. The van der Waals surface area contributed by atoms with Crippen LogP contribution in [0.1, 0.15) is 34.2 Å². The molecule has 0 spiro atoms. The Morgan fingerprint density at radius 2 is 2.03 bits per heavy atom. The highest BCUT2D eigenvalue weighted by Crippen LogP contribution is 2.23. The van der Waals surface area contributed by atoms with Crippen molar-refractivity contribution in [2.75, 3.05) is 26.0 Å². The molecule has 2 heterocycles. The van der Waals surface area contributed by atoms with E-state index in [1.54, 1.807) is 23.2 Å². The van der Waals surface area contributed by atoms with Crippen LogP contribution in [0.3, 0.4) is 0 Å². The van der Waals surface area contributed by atoms with Crippen LogP contribution in [0, 0.1) is 0 Å². The van der Waals surface area contributed by atoms with E-state index in [9.17, 15) is 9.59 Å². The molecule has 1 N–H and O–H groups in total. The van der Waals surface area contributed by atoms with Crippen molar-refractivity contribution in [2.45, 2.75) is 32.4 Å². The molecule has 1 aromatic carbocycles. The minimum absolute atomic E-state index is 0.0501. The van der Waals surface area contributed by atoms with Gasteiger partial charge in [0.2, 0.25) is 11.8 Å². The van der Waals surface area contributed by atoms with Gasteiger partial charge in [-0.2, -0.15) is 0 Å². The topological polar surface area (TPSA) is 65.5 Å². The normalized spacial score (nSPS) is 16.3.